The van der Waals surface area contributed by atoms with E-state index in [9.17, 15) is 0 Å². The van der Waals surface area contributed by atoms with Gasteiger partial charge in [0.15, 0.2) is 0 Å². The van der Waals surface area contributed by atoms with Crippen molar-refractivity contribution < 1.29 is 0 Å². The fourth-order valence-corrected chi connectivity index (χ4v) is 2.45. The van der Waals surface area contributed by atoms with Crippen molar-refractivity contribution in [2.24, 2.45) is 0 Å². The molecule has 0 N–H and O–H groups in total. The highest BCUT2D eigenvalue weighted by Crippen LogP contribution is 2.25. The average molecular weight is 325 g/mol. The maximum absolute atomic E-state index is 5.80. The molecule has 1 unspecified atom stereocenters. The minimum Gasteiger partial charge on any atom is -0.356 e. The second-order valence-corrected chi connectivity index (χ2v) is 5.73. The Bertz CT molecular complexity index is 351. The molecule has 16 heavy (non-hydrogen) atoms. The van der Waals surface area contributed by atoms with Gasteiger partial charge in [-0.25, -0.2) is 4.98 Å². The lowest BCUT2D eigenvalue weighted by Crippen LogP contribution is -2.30. The Morgan fingerprint density at radius 3 is 2.94 bits per heavy atom. The summed E-state index contributed by atoms with van der Waals surface area (Å²) in [6.07, 6.45) is 4.92. The smallest absolute Gasteiger partial charge is 0.224 e. The Morgan fingerprint density at radius 2 is 2.31 bits per heavy atom. The molecule has 0 saturated carbocycles. The number of rotatable bonds is 5. The van der Waals surface area contributed by atoms with Crippen molar-refractivity contribution in [1.29, 1.82) is 0 Å². The van der Waals surface area contributed by atoms with E-state index in [0.717, 1.165) is 22.5 Å². The maximum atomic E-state index is 5.80. The molecule has 1 rings (SSSR count). The van der Waals surface area contributed by atoms with E-state index in [0.29, 0.717) is 6.04 Å². The summed E-state index contributed by atoms with van der Waals surface area (Å²) in [6, 6.07) is 0.426. The molecule has 1 aromatic heterocycles. The SMILES string of the molecule is CSCCC(C)N(C)c1nc(Cl)ncc1Br. The molecular weight excluding hydrogens is 310 g/mol. The molecule has 1 aromatic rings. The van der Waals surface area contributed by atoms with Crippen LogP contribution in [0.25, 0.3) is 0 Å². The Morgan fingerprint density at radius 1 is 1.62 bits per heavy atom. The first-order valence-corrected chi connectivity index (χ1v) is 7.52. The van der Waals surface area contributed by atoms with Gasteiger partial charge in [-0.05, 0) is 52.9 Å². The summed E-state index contributed by atoms with van der Waals surface area (Å²) in [4.78, 5) is 10.3. The van der Waals surface area contributed by atoms with Crippen LogP contribution in [0, 0.1) is 0 Å². The van der Waals surface area contributed by atoms with E-state index in [1.807, 2.05) is 18.8 Å². The molecule has 0 aliphatic rings. The van der Waals surface area contributed by atoms with Crippen LogP contribution in [0.1, 0.15) is 13.3 Å². The molecule has 0 aliphatic heterocycles. The second-order valence-electron chi connectivity index (χ2n) is 3.55. The lowest BCUT2D eigenvalue weighted by molar-refractivity contribution is 0.660. The van der Waals surface area contributed by atoms with Crippen LogP contribution in [0.15, 0.2) is 10.7 Å². The van der Waals surface area contributed by atoms with Gasteiger partial charge in [-0.3, -0.25) is 0 Å². The molecule has 0 bridgehead atoms. The van der Waals surface area contributed by atoms with Gasteiger partial charge in [-0.2, -0.15) is 16.7 Å². The third-order valence-electron chi connectivity index (χ3n) is 2.43. The van der Waals surface area contributed by atoms with Gasteiger partial charge in [0, 0.05) is 19.3 Å². The van der Waals surface area contributed by atoms with Crippen molar-refractivity contribution in [3.05, 3.63) is 16.0 Å². The molecule has 0 fully saturated rings. The zero-order valence-electron chi connectivity index (χ0n) is 9.57. The third kappa shape index (κ3) is 3.79. The van der Waals surface area contributed by atoms with Crippen molar-refractivity contribution in [3.63, 3.8) is 0 Å². The van der Waals surface area contributed by atoms with Gasteiger partial charge in [-0.15, -0.1) is 0 Å². The predicted molar refractivity (Wildman–Crippen MR) is 75.6 cm³/mol. The summed E-state index contributed by atoms with van der Waals surface area (Å²) < 4.78 is 0.871. The Kier molecular flexibility index (Phi) is 5.86. The number of thioether (sulfide) groups is 1. The van der Waals surface area contributed by atoms with Crippen LogP contribution < -0.4 is 4.90 Å². The van der Waals surface area contributed by atoms with Crippen molar-refractivity contribution in [1.82, 2.24) is 9.97 Å². The maximum Gasteiger partial charge on any atom is 0.224 e. The van der Waals surface area contributed by atoms with Crippen molar-refractivity contribution in [2.45, 2.75) is 19.4 Å². The summed E-state index contributed by atoms with van der Waals surface area (Å²) in [5.41, 5.74) is 0. The van der Waals surface area contributed by atoms with Crippen LogP contribution >= 0.6 is 39.3 Å². The summed E-state index contributed by atoms with van der Waals surface area (Å²) in [5, 5.41) is 0.280. The Balaban J connectivity index is 2.78. The van der Waals surface area contributed by atoms with Gasteiger partial charge in [0.25, 0.3) is 0 Å². The van der Waals surface area contributed by atoms with E-state index >= 15 is 0 Å². The van der Waals surface area contributed by atoms with Crippen molar-refractivity contribution >= 4 is 45.1 Å². The van der Waals surface area contributed by atoms with E-state index in [-0.39, 0.29) is 5.28 Å². The van der Waals surface area contributed by atoms with Crippen molar-refractivity contribution in [2.75, 3.05) is 24.0 Å². The third-order valence-corrected chi connectivity index (χ3v) is 3.82. The number of halogens is 2. The predicted octanol–water partition coefficient (Wildman–Crippen LogP) is 3.47. The molecule has 1 heterocycles. The number of hydrogen-bond donors (Lipinski definition) is 0. The highest BCUT2D eigenvalue weighted by molar-refractivity contribution is 9.10. The lowest BCUT2D eigenvalue weighted by Gasteiger charge is -2.26. The van der Waals surface area contributed by atoms with Crippen LogP contribution in [-0.2, 0) is 0 Å². The van der Waals surface area contributed by atoms with Gasteiger partial charge < -0.3 is 4.90 Å². The number of anilines is 1. The van der Waals surface area contributed by atoms with E-state index in [1.165, 1.54) is 0 Å². The van der Waals surface area contributed by atoms with Gasteiger partial charge in [-0.1, -0.05) is 0 Å². The van der Waals surface area contributed by atoms with Crippen LogP contribution in [0.2, 0.25) is 5.28 Å². The molecule has 1 atom stereocenters. The number of hydrogen-bond acceptors (Lipinski definition) is 4. The molecule has 0 spiro atoms. The monoisotopic (exact) mass is 323 g/mol. The van der Waals surface area contributed by atoms with Gasteiger partial charge in [0.2, 0.25) is 5.28 Å². The Hall–Kier alpha value is -0.000000000000000111. The first-order valence-electron chi connectivity index (χ1n) is 4.96. The van der Waals surface area contributed by atoms with Crippen LogP contribution in [0.4, 0.5) is 5.82 Å². The first-order chi connectivity index (χ1) is 7.56. The zero-order chi connectivity index (χ0) is 12.1. The molecule has 0 radical (unpaired) electrons. The summed E-state index contributed by atoms with van der Waals surface area (Å²) >= 11 is 11.1. The number of nitrogens with zero attached hydrogens (tertiary/aromatic N) is 3. The molecule has 90 valence electrons. The molecule has 3 nitrogen and oxygen atoms in total. The minimum absolute atomic E-state index is 0.280. The normalized spacial score (nSPS) is 12.6. The summed E-state index contributed by atoms with van der Waals surface area (Å²) in [5.74, 6) is 1.98. The number of aromatic nitrogens is 2. The quantitative estimate of drug-likeness (QED) is 0.776. The standard InChI is InChI=1S/C10H15BrClN3S/c1-7(4-5-16-3)15(2)9-8(11)6-13-10(12)14-9/h6-7H,4-5H2,1-3H3. The summed E-state index contributed by atoms with van der Waals surface area (Å²) in [7, 11) is 2.02. The molecule has 0 amide bonds. The fourth-order valence-electron chi connectivity index (χ4n) is 1.28. The van der Waals surface area contributed by atoms with Crippen LogP contribution in [0.3, 0.4) is 0 Å². The van der Waals surface area contributed by atoms with E-state index in [1.54, 1.807) is 6.20 Å². The van der Waals surface area contributed by atoms with Gasteiger partial charge in [0.1, 0.15) is 5.82 Å². The average Bonchev–Trinajstić information content (AvgIpc) is 2.28. The lowest BCUT2D eigenvalue weighted by atomic mass is 10.2. The van der Waals surface area contributed by atoms with E-state index in [2.05, 4.69) is 44.0 Å². The minimum atomic E-state index is 0.280. The highest BCUT2D eigenvalue weighted by Gasteiger charge is 2.14. The van der Waals surface area contributed by atoms with Crippen molar-refractivity contribution in [3.8, 4) is 0 Å². The van der Waals surface area contributed by atoms with Gasteiger partial charge >= 0.3 is 0 Å². The molecular formula is C10H15BrClN3S. The molecule has 0 aromatic carbocycles. The molecule has 0 aliphatic carbocycles. The van der Waals surface area contributed by atoms with E-state index in [4.69, 9.17) is 11.6 Å². The topological polar surface area (TPSA) is 29.0 Å². The highest BCUT2D eigenvalue weighted by atomic mass is 79.9. The zero-order valence-corrected chi connectivity index (χ0v) is 12.7. The van der Waals surface area contributed by atoms with E-state index < -0.39 is 0 Å². The van der Waals surface area contributed by atoms with Crippen LogP contribution in [-0.4, -0.2) is 35.1 Å². The first kappa shape index (κ1) is 14.1. The second kappa shape index (κ2) is 6.67. The fraction of sp³-hybridized carbons (Fsp3) is 0.600. The Labute approximate surface area is 114 Å². The largest absolute Gasteiger partial charge is 0.356 e. The van der Waals surface area contributed by atoms with Crippen LogP contribution in [0.5, 0.6) is 0 Å². The molecule has 6 heteroatoms. The summed E-state index contributed by atoms with van der Waals surface area (Å²) in [6.45, 7) is 2.18. The van der Waals surface area contributed by atoms with Gasteiger partial charge in [0.05, 0.1) is 4.47 Å². The molecule has 0 saturated heterocycles.